The van der Waals surface area contributed by atoms with Crippen LogP contribution in [0.1, 0.15) is 32.6 Å². The van der Waals surface area contributed by atoms with Gasteiger partial charge in [0, 0.05) is 39.1 Å². The second-order valence-electron chi connectivity index (χ2n) is 6.56. The zero-order valence-corrected chi connectivity index (χ0v) is 14.6. The average Bonchev–Trinajstić information content (AvgIpc) is 3.34. The molecule has 0 saturated heterocycles. The van der Waals surface area contributed by atoms with E-state index in [0.29, 0.717) is 19.4 Å². The standard InChI is InChI=1S/C18H27N3O2/c1-5-6-13-21(4)17(23)18(11-12-18)16(22)19-14-7-9-15(10-8-14)20(2)3/h7-10H,5-6,11-13H2,1-4H3,(H,19,22). The third-order valence-electron chi connectivity index (χ3n) is 4.43. The van der Waals surface area contributed by atoms with Gasteiger partial charge in [-0.3, -0.25) is 9.59 Å². The minimum atomic E-state index is -0.845. The van der Waals surface area contributed by atoms with Crippen LogP contribution in [0.2, 0.25) is 0 Å². The van der Waals surface area contributed by atoms with Crippen molar-refractivity contribution < 1.29 is 9.59 Å². The maximum absolute atomic E-state index is 12.6. The molecule has 1 aromatic rings. The molecule has 0 bridgehead atoms. The summed E-state index contributed by atoms with van der Waals surface area (Å²) in [5.41, 5.74) is 0.957. The first kappa shape index (κ1) is 17.3. The molecule has 0 aromatic heterocycles. The maximum atomic E-state index is 12.6. The number of unbranched alkanes of at least 4 members (excludes halogenated alkanes) is 1. The van der Waals surface area contributed by atoms with Gasteiger partial charge in [0.2, 0.25) is 11.8 Å². The van der Waals surface area contributed by atoms with Crippen LogP contribution in [-0.2, 0) is 9.59 Å². The first-order chi connectivity index (χ1) is 10.9. The van der Waals surface area contributed by atoms with Crippen LogP contribution < -0.4 is 10.2 Å². The van der Waals surface area contributed by atoms with Gasteiger partial charge in [0.05, 0.1) is 0 Å². The van der Waals surface area contributed by atoms with Crippen molar-refractivity contribution in [1.82, 2.24) is 4.90 Å². The van der Waals surface area contributed by atoms with Crippen molar-refractivity contribution in [2.24, 2.45) is 5.41 Å². The highest BCUT2D eigenvalue weighted by Crippen LogP contribution is 2.48. The Morgan fingerprint density at radius 2 is 1.74 bits per heavy atom. The molecule has 5 nitrogen and oxygen atoms in total. The molecule has 1 fully saturated rings. The molecule has 1 aromatic carbocycles. The molecule has 5 heteroatoms. The van der Waals surface area contributed by atoms with E-state index >= 15 is 0 Å². The number of carbonyl (C=O) groups is 2. The molecule has 1 N–H and O–H groups in total. The Hall–Kier alpha value is -2.04. The van der Waals surface area contributed by atoms with Gasteiger partial charge >= 0.3 is 0 Å². The van der Waals surface area contributed by atoms with Crippen molar-refractivity contribution >= 4 is 23.2 Å². The molecule has 1 saturated carbocycles. The zero-order valence-electron chi connectivity index (χ0n) is 14.6. The molecule has 23 heavy (non-hydrogen) atoms. The predicted octanol–water partition coefficient (Wildman–Crippen LogP) is 2.73. The van der Waals surface area contributed by atoms with Crippen LogP contribution in [0.3, 0.4) is 0 Å². The van der Waals surface area contributed by atoms with E-state index in [9.17, 15) is 9.59 Å². The number of nitrogens with zero attached hydrogens (tertiary/aromatic N) is 2. The lowest BCUT2D eigenvalue weighted by atomic mass is 10.0. The van der Waals surface area contributed by atoms with Crippen LogP contribution in [0.5, 0.6) is 0 Å². The van der Waals surface area contributed by atoms with Gasteiger partial charge in [0.1, 0.15) is 5.41 Å². The van der Waals surface area contributed by atoms with Crippen LogP contribution >= 0.6 is 0 Å². The molecule has 0 radical (unpaired) electrons. The third-order valence-corrected chi connectivity index (χ3v) is 4.43. The first-order valence-electron chi connectivity index (χ1n) is 8.25. The Balaban J connectivity index is 2.00. The summed E-state index contributed by atoms with van der Waals surface area (Å²) >= 11 is 0. The van der Waals surface area contributed by atoms with Gasteiger partial charge < -0.3 is 15.1 Å². The summed E-state index contributed by atoms with van der Waals surface area (Å²) in [6.45, 7) is 2.80. The highest BCUT2D eigenvalue weighted by Gasteiger charge is 2.57. The van der Waals surface area contributed by atoms with Crippen LogP contribution in [0.25, 0.3) is 0 Å². The number of carbonyl (C=O) groups excluding carboxylic acids is 2. The number of hydrogen-bond donors (Lipinski definition) is 1. The van der Waals surface area contributed by atoms with Crippen molar-refractivity contribution in [3.63, 3.8) is 0 Å². The number of anilines is 2. The van der Waals surface area contributed by atoms with Crippen molar-refractivity contribution in [3.8, 4) is 0 Å². The van der Waals surface area contributed by atoms with Gasteiger partial charge in [-0.05, 0) is 43.5 Å². The van der Waals surface area contributed by atoms with E-state index in [2.05, 4.69) is 12.2 Å². The highest BCUT2D eigenvalue weighted by molar-refractivity contribution is 6.13. The molecule has 2 rings (SSSR count). The Morgan fingerprint density at radius 3 is 2.22 bits per heavy atom. The van der Waals surface area contributed by atoms with Crippen molar-refractivity contribution in [2.45, 2.75) is 32.6 Å². The smallest absolute Gasteiger partial charge is 0.240 e. The van der Waals surface area contributed by atoms with Gasteiger partial charge in [-0.1, -0.05) is 13.3 Å². The molecule has 0 unspecified atom stereocenters. The molecule has 0 spiro atoms. The summed E-state index contributed by atoms with van der Waals surface area (Å²) in [5.74, 6) is -0.225. The molecular weight excluding hydrogens is 290 g/mol. The molecular formula is C18H27N3O2. The quantitative estimate of drug-likeness (QED) is 0.787. The summed E-state index contributed by atoms with van der Waals surface area (Å²) in [5, 5.41) is 2.90. The van der Waals surface area contributed by atoms with Gasteiger partial charge in [0.15, 0.2) is 0 Å². The fourth-order valence-corrected chi connectivity index (χ4v) is 2.62. The lowest BCUT2D eigenvalue weighted by Gasteiger charge is -2.23. The second kappa shape index (κ2) is 7.02. The van der Waals surface area contributed by atoms with Crippen molar-refractivity contribution in [3.05, 3.63) is 24.3 Å². The Labute approximate surface area is 138 Å². The van der Waals surface area contributed by atoms with Crippen LogP contribution in [0.15, 0.2) is 24.3 Å². The van der Waals surface area contributed by atoms with Gasteiger partial charge in [-0.2, -0.15) is 0 Å². The van der Waals surface area contributed by atoms with Crippen LogP contribution in [0, 0.1) is 5.41 Å². The third kappa shape index (κ3) is 3.84. The van der Waals surface area contributed by atoms with Crippen molar-refractivity contribution in [1.29, 1.82) is 0 Å². The fraction of sp³-hybridized carbons (Fsp3) is 0.556. The molecule has 2 amide bonds. The average molecular weight is 317 g/mol. The SMILES string of the molecule is CCCCN(C)C(=O)C1(C(=O)Nc2ccc(N(C)C)cc2)CC1. The second-order valence-corrected chi connectivity index (χ2v) is 6.56. The Morgan fingerprint density at radius 1 is 1.13 bits per heavy atom. The van der Waals surface area contributed by atoms with Gasteiger partial charge in [0.25, 0.3) is 0 Å². The Kier molecular flexibility index (Phi) is 5.29. The lowest BCUT2D eigenvalue weighted by molar-refractivity contribution is -0.141. The highest BCUT2D eigenvalue weighted by atomic mass is 16.2. The zero-order chi connectivity index (χ0) is 17.0. The molecule has 0 atom stereocenters. The van der Waals surface area contributed by atoms with E-state index in [1.165, 1.54) is 0 Å². The summed E-state index contributed by atoms with van der Waals surface area (Å²) in [7, 11) is 5.73. The van der Waals surface area contributed by atoms with E-state index in [-0.39, 0.29) is 11.8 Å². The van der Waals surface area contributed by atoms with Crippen molar-refractivity contribution in [2.75, 3.05) is 37.9 Å². The first-order valence-corrected chi connectivity index (χ1v) is 8.25. The topological polar surface area (TPSA) is 52.7 Å². The lowest BCUT2D eigenvalue weighted by Crippen LogP contribution is -2.41. The summed E-state index contributed by atoms with van der Waals surface area (Å²) in [6, 6.07) is 7.64. The molecule has 126 valence electrons. The summed E-state index contributed by atoms with van der Waals surface area (Å²) in [4.78, 5) is 28.8. The summed E-state index contributed by atoms with van der Waals surface area (Å²) < 4.78 is 0. The molecule has 1 aliphatic rings. The normalized spacial score (nSPS) is 15.0. The monoisotopic (exact) mass is 317 g/mol. The van der Waals surface area contributed by atoms with E-state index < -0.39 is 5.41 Å². The van der Waals surface area contributed by atoms with Crippen LogP contribution in [0.4, 0.5) is 11.4 Å². The van der Waals surface area contributed by atoms with Gasteiger partial charge in [-0.15, -0.1) is 0 Å². The van der Waals surface area contributed by atoms with E-state index in [0.717, 1.165) is 24.2 Å². The molecule has 0 heterocycles. The number of nitrogens with one attached hydrogen (secondary N) is 1. The van der Waals surface area contributed by atoms with E-state index in [1.54, 1.807) is 11.9 Å². The molecule has 0 aliphatic heterocycles. The van der Waals surface area contributed by atoms with E-state index in [4.69, 9.17) is 0 Å². The minimum Gasteiger partial charge on any atom is -0.378 e. The Bertz CT molecular complexity index is 562. The van der Waals surface area contributed by atoms with E-state index in [1.807, 2.05) is 43.3 Å². The summed E-state index contributed by atoms with van der Waals surface area (Å²) in [6.07, 6.45) is 3.29. The largest absolute Gasteiger partial charge is 0.378 e. The molecule has 1 aliphatic carbocycles. The number of amides is 2. The number of benzene rings is 1. The van der Waals surface area contributed by atoms with Gasteiger partial charge in [-0.25, -0.2) is 0 Å². The number of hydrogen-bond acceptors (Lipinski definition) is 3. The minimum absolute atomic E-state index is 0.0478. The fourth-order valence-electron chi connectivity index (χ4n) is 2.62. The number of rotatable bonds is 7. The van der Waals surface area contributed by atoms with Crippen LogP contribution in [-0.4, -0.2) is 44.4 Å². The predicted molar refractivity (Wildman–Crippen MR) is 93.6 cm³/mol. The maximum Gasteiger partial charge on any atom is 0.240 e.